The number of hydrogen-bond acceptors (Lipinski definition) is 6. The maximum atomic E-state index is 4.49. The van der Waals surface area contributed by atoms with Crippen LogP contribution < -0.4 is 10.6 Å². The molecule has 0 aliphatic heterocycles. The number of halogens is 1. The molecule has 0 spiro atoms. The highest BCUT2D eigenvalue weighted by atomic mass is 79.9. The van der Waals surface area contributed by atoms with Crippen molar-refractivity contribution in [1.29, 1.82) is 0 Å². The van der Waals surface area contributed by atoms with Crippen LogP contribution in [0.25, 0.3) is 10.2 Å². The van der Waals surface area contributed by atoms with Crippen molar-refractivity contribution in [3.63, 3.8) is 0 Å². The summed E-state index contributed by atoms with van der Waals surface area (Å²) in [6, 6.07) is 2.02. The van der Waals surface area contributed by atoms with E-state index in [4.69, 9.17) is 0 Å². The molecule has 2 heterocycles. The summed E-state index contributed by atoms with van der Waals surface area (Å²) in [5.41, 5.74) is 0.964. The lowest BCUT2D eigenvalue weighted by atomic mass is 10.4. The molecule has 0 bridgehead atoms. The minimum absolute atomic E-state index is 0.646. The molecule has 0 saturated carbocycles. The Morgan fingerprint density at radius 1 is 1.37 bits per heavy atom. The van der Waals surface area contributed by atoms with Gasteiger partial charge in [0.05, 0.1) is 14.0 Å². The van der Waals surface area contributed by atoms with E-state index in [2.05, 4.69) is 55.5 Å². The highest BCUT2D eigenvalue weighted by Crippen LogP contribution is 2.33. The van der Waals surface area contributed by atoms with Crippen LogP contribution in [0.5, 0.6) is 0 Å². The molecule has 0 amide bonds. The van der Waals surface area contributed by atoms with E-state index in [1.54, 1.807) is 11.3 Å². The Morgan fingerprint density at radius 3 is 2.84 bits per heavy atom. The summed E-state index contributed by atoms with van der Waals surface area (Å²) in [4.78, 5) is 11.1. The minimum atomic E-state index is 0.646. The number of fused-ring (bicyclic) bond motifs is 1. The van der Waals surface area contributed by atoms with Crippen LogP contribution in [0.15, 0.2) is 9.85 Å². The van der Waals surface area contributed by atoms with Gasteiger partial charge in [-0.1, -0.05) is 0 Å². The first-order valence-electron chi connectivity index (χ1n) is 6.13. The third kappa shape index (κ3) is 3.77. The molecule has 0 fully saturated rings. The second-order valence-corrected chi connectivity index (χ2v) is 6.93. The maximum Gasteiger partial charge on any atom is 0.225 e. The van der Waals surface area contributed by atoms with Crippen molar-refractivity contribution in [1.82, 2.24) is 14.9 Å². The molecule has 2 rings (SSSR count). The summed E-state index contributed by atoms with van der Waals surface area (Å²) >= 11 is 5.16. The topological polar surface area (TPSA) is 53.1 Å². The molecule has 2 aromatic heterocycles. The van der Waals surface area contributed by atoms with Gasteiger partial charge in [-0.15, -0.1) is 11.3 Å². The Morgan fingerprint density at radius 2 is 2.16 bits per heavy atom. The normalized spacial score (nSPS) is 11.2. The van der Waals surface area contributed by atoms with Gasteiger partial charge in [-0.05, 0) is 49.1 Å². The van der Waals surface area contributed by atoms with Crippen LogP contribution in [0.2, 0.25) is 0 Å². The zero-order chi connectivity index (χ0) is 13.8. The van der Waals surface area contributed by atoms with Gasteiger partial charge in [0, 0.05) is 13.6 Å². The van der Waals surface area contributed by atoms with E-state index in [-0.39, 0.29) is 0 Å². The van der Waals surface area contributed by atoms with Gasteiger partial charge in [-0.25, -0.2) is 4.98 Å². The zero-order valence-electron chi connectivity index (χ0n) is 11.3. The Labute approximate surface area is 125 Å². The monoisotopic (exact) mass is 343 g/mol. The number of anilines is 2. The molecule has 7 heteroatoms. The van der Waals surface area contributed by atoms with Crippen LogP contribution >= 0.6 is 27.3 Å². The molecule has 0 saturated heterocycles. The number of nitrogens with zero attached hydrogens (tertiary/aromatic N) is 3. The van der Waals surface area contributed by atoms with Crippen molar-refractivity contribution in [3.8, 4) is 0 Å². The summed E-state index contributed by atoms with van der Waals surface area (Å²) in [5, 5.41) is 6.40. The third-order valence-electron chi connectivity index (χ3n) is 2.64. The fourth-order valence-electron chi connectivity index (χ4n) is 1.73. The van der Waals surface area contributed by atoms with Crippen LogP contribution in [0.3, 0.4) is 0 Å². The first-order valence-corrected chi connectivity index (χ1v) is 7.74. The molecular weight excluding hydrogens is 326 g/mol. The van der Waals surface area contributed by atoms with Crippen LogP contribution in [-0.4, -0.2) is 49.1 Å². The average Bonchev–Trinajstić information content (AvgIpc) is 2.74. The maximum absolute atomic E-state index is 4.49. The summed E-state index contributed by atoms with van der Waals surface area (Å²) in [5.74, 6) is 1.55. The van der Waals surface area contributed by atoms with Crippen molar-refractivity contribution in [3.05, 3.63) is 9.85 Å². The van der Waals surface area contributed by atoms with Crippen molar-refractivity contribution in [2.45, 2.75) is 6.42 Å². The number of hydrogen-bond donors (Lipinski definition) is 2. The fourth-order valence-corrected chi connectivity index (χ4v) is 3.23. The van der Waals surface area contributed by atoms with Gasteiger partial charge >= 0.3 is 0 Å². The Kier molecular flexibility index (Phi) is 4.95. The molecule has 0 atom stereocenters. The second-order valence-electron chi connectivity index (χ2n) is 4.49. The van der Waals surface area contributed by atoms with Crippen LogP contribution in [0, 0.1) is 0 Å². The van der Waals surface area contributed by atoms with E-state index in [0.717, 1.165) is 39.3 Å². The molecule has 2 aromatic rings. The second kappa shape index (κ2) is 6.49. The van der Waals surface area contributed by atoms with Crippen molar-refractivity contribution >= 4 is 49.2 Å². The summed E-state index contributed by atoms with van der Waals surface area (Å²) in [7, 11) is 6.00. The number of thiophene rings is 1. The van der Waals surface area contributed by atoms with E-state index in [1.807, 2.05) is 13.1 Å². The molecule has 0 aliphatic carbocycles. The van der Waals surface area contributed by atoms with Gasteiger partial charge in [-0.2, -0.15) is 4.98 Å². The largest absolute Gasteiger partial charge is 0.369 e. The van der Waals surface area contributed by atoms with Crippen molar-refractivity contribution in [2.24, 2.45) is 0 Å². The fraction of sp³-hybridized carbons (Fsp3) is 0.500. The van der Waals surface area contributed by atoms with Gasteiger partial charge in [0.2, 0.25) is 5.95 Å². The lowest BCUT2D eigenvalue weighted by Crippen LogP contribution is -2.16. The Bertz CT molecular complexity index is 554. The van der Waals surface area contributed by atoms with E-state index < -0.39 is 0 Å². The number of rotatable bonds is 6. The van der Waals surface area contributed by atoms with E-state index in [9.17, 15) is 0 Å². The highest BCUT2D eigenvalue weighted by molar-refractivity contribution is 9.11. The van der Waals surface area contributed by atoms with Gasteiger partial charge in [0.25, 0.3) is 0 Å². The lowest BCUT2D eigenvalue weighted by molar-refractivity contribution is 0.405. The smallest absolute Gasteiger partial charge is 0.225 e. The molecule has 5 nitrogen and oxygen atoms in total. The van der Waals surface area contributed by atoms with Gasteiger partial charge in [-0.3, -0.25) is 0 Å². The summed E-state index contributed by atoms with van der Waals surface area (Å²) in [6.07, 6.45) is 1.08. The summed E-state index contributed by atoms with van der Waals surface area (Å²) in [6.45, 7) is 1.97. The van der Waals surface area contributed by atoms with Gasteiger partial charge in [0.15, 0.2) is 0 Å². The minimum Gasteiger partial charge on any atom is -0.369 e. The van der Waals surface area contributed by atoms with Crippen LogP contribution in [0.1, 0.15) is 6.42 Å². The summed E-state index contributed by atoms with van der Waals surface area (Å²) < 4.78 is 2.16. The molecular formula is C12H18BrN5S. The third-order valence-corrected chi connectivity index (χ3v) is 4.27. The number of aromatic nitrogens is 2. The van der Waals surface area contributed by atoms with Crippen molar-refractivity contribution in [2.75, 3.05) is 44.9 Å². The molecule has 0 unspecified atom stereocenters. The Hall–Kier alpha value is -0.920. The average molecular weight is 344 g/mol. The Balaban J connectivity index is 2.15. The first kappa shape index (κ1) is 14.5. The van der Waals surface area contributed by atoms with E-state index in [0.29, 0.717) is 5.95 Å². The van der Waals surface area contributed by atoms with E-state index in [1.165, 1.54) is 0 Å². The zero-order valence-corrected chi connectivity index (χ0v) is 13.7. The van der Waals surface area contributed by atoms with Gasteiger partial charge < -0.3 is 15.5 Å². The molecule has 0 radical (unpaired) electrons. The van der Waals surface area contributed by atoms with Crippen molar-refractivity contribution < 1.29 is 0 Å². The van der Waals surface area contributed by atoms with E-state index >= 15 is 0 Å². The predicted molar refractivity (Wildman–Crippen MR) is 86.3 cm³/mol. The molecule has 0 aliphatic rings. The lowest BCUT2D eigenvalue weighted by Gasteiger charge is -2.11. The van der Waals surface area contributed by atoms with Crippen LogP contribution in [-0.2, 0) is 0 Å². The molecule has 19 heavy (non-hydrogen) atoms. The first-order chi connectivity index (χ1) is 9.10. The SMILES string of the molecule is CNc1nc(NCCCN(C)C)c2sc(Br)cc2n1. The molecule has 0 aromatic carbocycles. The molecule has 104 valence electrons. The highest BCUT2D eigenvalue weighted by Gasteiger charge is 2.10. The number of nitrogens with one attached hydrogen (secondary N) is 2. The van der Waals surface area contributed by atoms with Crippen LogP contribution in [0.4, 0.5) is 11.8 Å². The standard InChI is InChI=1S/C12H18BrN5S/c1-14-12-16-8-7-9(13)19-10(8)11(17-12)15-5-4-6-18(2)3/h7H,4-6H2,1-3H3,(H2,14,15,16,17). The predicted octanol–water partition coefficient (Wildman–Crippen LogP) is 2.86. The molecule has 2 N–H and O–H groups in total. The van der Waals surface area contributed by atoms with Gasteiger partial charge in [0.1, 0.15) is 5.82 Å². The quantitative estimate of drug-likeness (QED) is 0.790.